The molecule has 1 saturated heterocycles. The Kier molecular flexibility index (Phi) is 3.85. The average molecular weight is 225 g/mol. The number of carboxylic acid groups (broad SMARTS) is 1. The number of carbonyl (C=O) groups is 1. The van der Waals surface area contributed by atoms with Crippen molar-refractivity contribution in [2.24, 2.45) is 5.41 Å². The van der Waals surface area contributed by atoms with Crippen LogP contribution in [0.15, 0.2) is 0 Å². The lowest BCUT2D eigenvalue weighted by Gasteiger charge is -2.39. The van der Waals surface area contributed by atoms with Gasteiger partial charge in [0.1, 0.15) is 0 Å². The second kappa shape index (κ2) is 5.17. The largest absolute Gasteiger partial charge is 0.481 e. The fraction of sp³-hybridized carbons (Fsp3) is 0.923. The molecular weight excluding hydrogens is 202 g/mol. The van der Waals surface area contributed by atoms with Gasteiger partial charge in [0.05, 0.1) is 6.42 Å². The van der Waals surface area contributed by atoms with E-state index < -0.39 is 5.97 Å². The van der Waals surface area contributed by atoms with E-state index >= 15 is 0 Å². The zero-order chi connectivity index (χ0) is 11.4. The zero-order valence-electron chi connectivity index (χ0n) is 10.1. The van der Waals surface area contributed by atoms with Crippen LogP contribution < -0.4 is 0 Å². The maximum absolute atomic E-state index is 11.0. The van der Waals surface area contributed by atoms with Crippen LogP contribution in [0.5, 0.6) is 0 Å². The molecule has 0 aromatic heterocycles. The van der Waals surface area contributed by atoms with Gasteiger partial charge in [0.15, 0.2) is 0 Å². The summed E-state index contributed by atoms with van der Waals surface area (Å²) in [6.07, 6.45) is 8.95. The van der Waals surface area contributed by atoms with Gasteiger partial charge in [0.25, 0.3) is 0 Å². The minimum atomic E-state index is -0.610. The molecular formula is C13H23NO2. The van der Waals surface area contributed by atoms with Gasteiger partial charge in [-0.2, -0.15) is 0 Å². The monoisotopic (exact) mass is 225 g/mol. The lowest BCUT2D eigenvalue weighted by molar-refractivity contribution is -0.140. The Morgan fingerprint density at radius 3 is 2.25 bits per heavy atom. The van der Waals surface area contributed by atoms with Crippen molar-refractivity contribution in [3.8, 4) is 0 Å². The van der Waals surface area contributed by atoms with Crippen molar-refractivity contribution in [3.63, 3.8) is 0 Å². The Hall–Kier alpha value is -0.570. The van der Waals surface area contributed by atoms with Gasteiger partial charge >= 0.3 is 5.97 Å². The number of hydrogen-bond acceptors (Lipinski definition) is 2. The first kappa shape index (κ1) is 11.9. The predicted octanol–water partition coefficient (Wildman–Crippen LogP) is 2.51. The summed E-state index contributed by atoms with van der Waals surface area (Å²) in [4.78, 5) is 13.5. The highest BCUT2D eigenvalue weighted by atomic mass is 16.4. The van der Waals surface area contributed by atoms with Crippen molar-refractivity contribution in [3.05, 3.63) is 0 Å². The molecule has 16 heavy (non-hydrogen) atoms. The van der Waals surface area contributed by atoms with Crippen molar-refractivity contribution in [2.75, 3.05) is 19.6 Å². The highest BCUT2D eigenvalue weighted by Crippen LogP contribution is 2.40. The van der Waals surface area contributed by atoms with E-state index in [-0.39, 0.29) is 5.41 Å². The summed E-state index contributed by atoms with van der Waals surface area (Å²) in [5.74, 6) is -0.610. The van der Waals surface area contributed by atoms with Crippen LogP contribution in [0.4, 0.5) is 0 Å². The molecule has 1 N–H and O–H groups in total. The topological polar surface area (TPSA) is 40.5 Å². The van der Waals surface area contributed by atoms with Crippen LogP contribution in [0.1, 0.15) is 51.4 Å². The van der Waals surface area contributed by atoms with Crippen LogP contribution in [0.3, 0.4) is 0 Å². The van der Waals surface area contributed by atoms with Crippen LogP contribution in [-0.4, -0.2) is 35.6 Å². The second-order valence-electron chi connectivity index (χ2n) is 5.61. The number of aliphatic carboxylic acids is 1. The average Bonchev–Trinajstić information content (AvgIpc) is 2.70. The minimum Gasteiger partial charge on any atom is -0.481 e. The van der Waals surface area contributed by atoms with Crippen LogP contribution in [0.2, 0.25) is 0 Å². The molecule has 2 rings (SSSR count). The number of likely N-dealkylation sites (tertiary alicyclic amines) is 1. The molecule has 0 radical (unpaired) electrons. The highest BCUT2D eigenvalue weighted by Gasteiger charge is 2.36. The Morgan fingerprint density at radius 1 is 1.06 bits per heavy atom. The molecule has 2 fully saturated rings. The van der Waals surface area contributed by atoms with Gasteiger partial charge in [-0.15, -0.1) is 0 Å². The normalized spacial score (nSPS) is 25.8. The maximum Gasteiger partial charge on any atom is 0.303 e. The van der Waals surface area contributed by atoms with Gasteiger partial charge in [-0.25, -0.2) is 0 Å². The summed E-state index contributed by atoms with van der Waals surface area (Å²) < 4.78 is 0. The molecule has 3 nitrogen and oxygen atoms in total. The van der Waals surface area contributed by atoms with E-state index in [0.717, 1.165) is 19.4 Å². The van der Waals surface area contributed by atoms with Crippen molar-refractivity contribution in [1.82, 2.24) is 4.90 Å². The SMILES string of the molecule is O=C(O)CC1(CN2CCCC2)CCCCC1. The van der Waals surface area contributed by atoms with E-state index in [2.05, 4.69) is 4.90 Å². The van der Waals surface area contributed by atoms with Crippen LogP contribution >= 0.6 is 0 Å². The molecule has 0 amide bonds. The Morgan fingerprint density at radius 2 is 1.69 bits per heavy atom. The fourth-order valence-electron chi connectivity index (χ4n) is 3.43. The quantitative estimate of drug-likeness (QED) is 0.799. The third kappa shape index (κ3) is 2.97. The Labute approximate surface area is 97.8 Å². The van der Waals surface area contributed by atoms with E-state index in [1.165, 1.54) is 45.2 Å². The number of carboxylic acids is 1. The van der Waals surface area contributed by atoms with Gasteiger partial charge in [-0.3, -0.25) is 4.79 Å². The second-order valence-corrected chi connectivity index (χ2v) is 5.61. The van der Waals surface area contributed by atoms with Crippen molar-refractivity contribution >= 4 is 5.97 Å². The lowest BCUT2D eigenvalue weighted by Crippen LogP contribution is -2.39. The lowest BCUT2D eigenvalue weighted by atomic mass is 9.71. The molecule has 0 atom stereocenters. The first-order chi connectivity index (χ1) is 7.70. The zero-order valence-corrected chi connectivity index (χ0v) is 10.1. The van der Waals surface area contributed by atoms with Crippen molar-refractivity contribution in [1.29, 1.82) is 0 Å². The van der Waals surface area contributed by atoms with E-state index in [1.54, 1.807) is 0 Å². The van der Waals surface area contributed by atoms with Gasteiger partial charge in [0.2, 0.25) is 0 Å². The minimum absolute atomic E-state index is 0.0917. The summed E-state index contributed by atoms with van der Waals surface area (Å²) in [5, 5.41) is 9.09. The molecule has 3 heteroatoms. The van der Waals surface area contributed by atoms with E-state index in [4.69, 9.17) is 5.11 Å². The summed E-state index contributed by atoms with van der Waals surface area (Å²) >= 11 is 0. The first-order valence-electron chi connectivity index (χ1n) is 6.64. The molecule has 1 aliphatic heterocycles. The van der Waals surface area contributed by atoms with Crippen LogP contribution in [-0.2, 0) is 4.79 Å². The predicted molar refractivity (Wildman–Crippen MR) is 63.4 cm³/mol. The van der Waals surface area contributed by atoms with Gasteiger partial charge in [-0.05, 0) is 44.2 Å². The number of nitrogens with zero attached hydrogens (tertiary/aromatic N) is 1. The molecule has 1 saturated carbocycles. The summed E-state index contributed by atoms with van der Waals surface area (Å²) in [7, 11) is 0. The summed E-state index contributed by atoms with van der Waals surface area (Å²) in [6.45, 7) is 3.39. The first-order valence-corrected chi connectivity index (χ1v) is 6.64. The third-order valence-electron chi connectivity index (χ3n) is 4.20. The summed E-state index contributed by atoms with van der Waals surface area (Å²) in [5.41, 5.74) is 0.0917. The molecule has 92 valence electrons. The van der Waals surface area contributed by atoms with E-state index in [0.29, 0.717) is 6.42 Å². The standard InChI is InChI=1S/C13H23NO2/c15-12(16)10-13(6-2-1-3-7-13)11-14-8-4-5-9-14/h1-11H2,(H,15,16). The molecule has 0 aromatic rings. The molecule has 0 aromatic carbocycles. The number of hydrogen-bond donors (Lipinski definition) is 1. The van der Waals surface area contributed by atoms with Crippen LogP contribution in [0.25, 0.3) is 0 Å². The van der Waals surface area contributed by atoms with Crippen molar-refractivity contribution in [2.45, 2.75) is 51.4 Å². The molecule has 1 aliphatic carbocycles. The fourth-order valence-corrected chi connectivity index (χ4v) is 3.43. The molecule has 0 bridgehead atoms. The van der Waals surface area contributed by atoms with Gasteiger partial charge in [-0.1, -0.05) is 19.3 Å². The molecule has 0 unspecified atom stereocenters. The van der Waals surface area contributed by atoms with Crippen LogP contribution in [0, 0.1) is 5.41 Å². The smallest absolute Gasteiger partial charge is 0.303 e. The molecule has 1 heterocycles. The van der Waals surface area contributed by atoms with E-state index in [9.17, 15) is 4.79 Å². The number of rotatable bonds is 4. The van der Waals surface area contributed by atoms with Crippen molar-refractivity contribution < 1.29 is 9.90 Å². The van der Waals surface area contributed by atoms with Gasteiger partial charge < -0.3 is 10.0 Å². The summed E-state index contributed by atoms with van der Waals surface area (Å²) in [6, 6.07) is 0. The third-order valence-corrected chi connectivity index (χ3v) is 4.20. The Bertz CT molecular complexity index is 240. The maximum atomic E-state index is 11.0. The Balaban J connectivity index is 1.97. The van der Waals surface area contributed by atoms with Gasteiger partial charge in [0, 0.05) is 6.54 Å². The highest BCUT2D eigenvalue weighted by molar-refractivity contribution is 5.67. The van der Waals surface area contributed by atoms with E-state index in [1.807, 2.05) is 0 Å². The molecule has 2 aliphatic rings. The molecule has 0 spiro atoms.